The Morgan fingerprint density at radius 3 is 1.81 bits per heavy atom. The Bertz CT molecular complexity index is 3090. The maximum Gasteiger partial charge on any atom is 0.227 e. The molecule has 52 heavy (non-hydrogen) atoms. The van der Waals surface area contributed by atoms with Gasteiger partial charge in [0.2, 0.25) is 5.89 Å². The first-order chi connectivity index (χ1) is 25.8. The highest BCUT2D eigenvalue weighted by Gasteiger charge is 2.51. The SMILES string of the molecule is c1ccc(-c2nc3ccc4ccc5cc(-c6ccc7c(c6)C6(c8ccccc8-c8ccccc86)c6cc8ccccc8cc6-7)ccc5c4c3o2)cc1. The number of benzene rings is 9. The summed E-state index contributed by atoms with van der Waals surface area (Å²) in [7, 11) is 0. The second kappa shape index (κ2) is 10.2. The molecule has 2 aliphatic rings. The van der Waals surface area contributed by atoms with E-state index < -0.39 is 5.41 Å². The van der Waals surface area contributed by atoms with Gasteiger partial charge in [-0.05, 0) is 125 Å². The molecule has 0 N–H and O–H groups in total. The van der Waals surface area contributed by atoms with Crippen LogP contribution in [-0.2, 0) is 5.41 Å². The normalized spacial score (nSPS) is 13.5. The highest BCUT2D eigenvalue weighted by molar-refractivity contribution is 6.18. The summed E-state index contributed by atoms with van der Waals surface area (Å²) in [5, 5.41) is 7.13. The standard InChI is InChI=1S/C50H29NO/c1-2-10-31(11-3-1)49-51-46-25-22-30-18-19-36-26-34(20-23-37(36)47(30)48(46)52-49)35-21-24-40-41-27-32-12-4-5-13-33(32)28-45(41)50(44(40)29-35)42-16-8-6-14-38(42)39-15-7-9-17-43(39)50/h1-29H. The number of oxazole rings is 1. The lowest BCUT2D eigenvalue weighted by atomic mass is 9.70. The first-order valence-corrected chi connectivity index (χ1v) is 18.0. The van der Waals surface area contributed by atoms with E-state index >= 15 is 0 Å². The molecule has 9 aromatic carbocycles. The van der Waals surface area contributed by atoms with Gasteiger partial charge >= 0.3 is 0 Å². The second-order valence-electron chi connectivity index (χ2n) is 14.2. The molecular formula is C50H29NO. The molecular weight excluding hydrogens is 631 g/mol. The summed E-state index contributed by atoms with van der Waals surface area (Å²) in [5.74, 6) is 0.646. The Hall–Kier alpha value is -6.77. The van der Waals surface area contributed by atoms with Crippen LogP contribution < -0.4 is 0 Å². The van der Waals surface area contributed by atoms with Gasteiger partial charge in [-0.2, -0.15) is 0 Å². The van der Waals surface area contributed by atoms with Gasteiger partial charge in [0.25, 0.3) is 0 Å². The first-order valence-electron chi connectivity index (χ1n) is 18.0. The number of fused-ring (bicyclic) bond motifs is 16. The second-order valence-corrected chi connectivity index (χ2v) is 14.2. The van der Waals surface area contributed by atoms with E-state index in [1.54, 1.807) is 0 Å². The topological polar surface area (TPSA) is 26.0 Å². The van der Waals surface area contributed by atoms with Crippen molar-refractivity contribution in [2.75, 3.05) is 0 Å². The van der Waals surface area contributed by atoms with Crippen LogP contribution in [0.2, 0.25) is 0 Å². The molecule has 2 heteroatoms. The minimum atomic E-state index is -0.403. The van der Waals surface area contributed by atoms with Gasteiger partial charge in [-0.1, -0.05) is 133 Å². The number of aromatic nitrogens is 1. The van der Waals surface area contributed by atoms with Gasteiger partial charge in [0.05, 0.1) is 5.41 Å². The third-order valence-electron chi connectivity index (χ3n) is 11.7. The summed E-state index contributed by atoms with van der Waals surface area (Å²) in [6.45, 7) is 0. The van der Waals surface area contributed by atoms with Crippen LogP contribution in [0, 0.1) is 0 Å². The number of rotatable bonds is 2. The Morgan fingerprint density at radius 1 is 0.385 bits per heavy atom. The predicted octanol–water partition coefficient (Wildman–Crippen LogP) is 13.0. The molecule has 240 valence electrons. The van der Waals surface area contributed by atoms with Crippen LogP contribution in [0.1, 0.15) is 22.3 Å². The van der Waals surface area contributed by atoms with E-state index in [0.29, 0.717) is 5.89 Å². The average molecular weight is 660 g/mol. The van der Waals surface area contributed by atoms with Crippen LogP contribution in [-0.4, -0.2) is 4.98 Å². The summed E-state index contributed by atoms with van der Waals surface area (Å²) >= 11 is 0. The van der Waals surface area contributed by atoms with Crippen molar-refractivity contribution < 1.29 is 4.42 Å². The van der Waals surface area contributed by atoms with E-state index in [4.69, 9.17) is 9.40 Å². The Kier molecular flexibility index (Phi) is 5.46. The van der Waals surface area contributed by atoms with Gasteiger partial charge in [-0.15, -0.1) is 0 Å². The highest BCUT2D eigenvalue weighted by atomic mass is 16.3. The first kappa shape index (κ1) is 28.0. The van der Waals surface area contributed by atoms with Crippen molar-refractivity contribution in [1.82, 2.24) is 4.98 Å². The summed E-state index contributed by atoms with van der Waals surface area (Å²) in [6.07, 6.45) is 0. The summed E-state index contributed by atoms with van der Waals surface area (Å²) in [5.41, 5.74) is 15.4. The average Bonchev–Trinajstić information content (AvgIpc) is 3.87. The van der Waals surface area contributed by atoms with E-state index in [9.17, 15) is 0 Å². The van der Waals surface area contributed by atoms with Gasteiger partial charge in [-0.3, -0.25) is 0 Å². The largest absolute Gasteiger partial charge is 0.435 e. The predicted molar refractivity (Wildman–Crippen MR) is 214 cm³/mol. The van der Waals surface area contributed by atoms with Gasteiger partial charge < -0.3 is 4.42 Å². The molecule has 0 amide bonds. The minimum absolute atomic E-state index is 0.403. The molecule has 0 atom stereocenters. The molecule has 1 spiro atoms. The molecule has 1 aromatic heterocycles. The monoisotopic (exact) mass is 659 g/mol. The minimum Gasteiger partial charge on any atom is -0.435 e. The van der Waals surface area contributed by atoms with Crippen molar-refractivity contribution in [2.24, 2.45) is 0 Å². The van der Waals surface area contributed by atoms with Gasteiger partial charge in [0, 0.05) is 10.9 Å². The van der Waals surface area contributed by atoms with Crippen molar-refractivity contribution in [3.05, 3.63) is 198 Å². The lowest BCUT2D eigenvalue weighted by molar-refractivity contribution is 0.623. The third-order valence-corrected chi connectivity index (χ3v) is 11.7. The van der Waals surface area contributed by atoms with Crippen molar-refractivity contribution in [1.29, 1.82) is 0 Å². The summed E-state index contributed by atoms with van der Waals surface area (Å²) in [6, 6.07) is 64.5. The van der Waals surface area contributed by atoms with Gasteiger partial charge in [-0.25, -0.2) is 4.98 Å². The van der Waals surface area contributed by atoms with Crippen molar-refractivity contribution in [3.63, 3.8) is 0 Å². The van der Waals surface area contributed by atoms with E-state index in [0.717, 1.165) is 32.8 Å². The maximum atomic E-state index is 6.50. The molecule has 0 aliphatic heterocycles. The lowest BCUT2D eigenvalue weighted by Crippen LogP contribution is -2.25. The van der Waals surface area contributed by atoms with E-state index in [1.165, 1.54) is 71.8 Å². The zero-order valence-electron chi connectivity index (χ0n) is 28.1. The fourth-order valence-electron chi connectivity index (χ4n) is 9.42. The molecule has 10 aromatic rings. The molecule has 12 rings (SSSR count). The van der Waals surface area contributed by atoms with E-state index in [1.807, 2.05) is 30.3 Å². The third kappa shape index (κ3) is 3.61. The molecule has 2 aliphatic carbocycles. The molecule has 0 fully saturated rings. The highest BCUT2D eigenvalue weighted by Crippen LogP contribution is 2.63. The maximum absolute atomic E-state index is 6.50. The molecule has 1 heterocycles. The molecule has 0 saturated carbocycles. The fraction of sp³-hybridized carbons (Fsp3) is 0.0200. The van der Waals surface area contributed by atoms with Crippen molar-refractivity contribution in [2.45, 2.75) is 5.41 Å². The Labute approximate surface area is 300 Å². The van der Waals surface area contributed by atoms with Crippen LogP contribution in [0.3, 0.4) is 0 Å². The number of hydrogen-bond donors (Lipinski definition) is 0. The van der Waals surface area contributed by atoms with Crippen LogP contribution in [0.4, 0.5) is 0 Å². The van der Waals surface area contributed by atoms with Crippen molar-refractivity contribution in [3.8, 4) is 44.8 Å². The van der Waals surface area contributed by atoms with Gasteiger partial charge in [0.1, 0.15) is 5.52 Å². The molecule has 0 bridgehead atoms. The van der Waals surface area contributed by atoms with Crippen LogP contribution in [0.15, 0.2) is 180 Å². The summed E-state index contributed by atoms with van der Waals surface area (Å²) in [4.78, 5) is 4.87. The molecule has 0 radical (unpaired) electrons. The summed E-state index contributed by atoms with van der Waals surface area (Å²) < 4.78 is 6.50. The quantitative estimate of drug-likeness (QED) is 0.173. The smallest absolute Gasteiger partial charge is 0.227 e. The lowest BCUT2D eigenvalue weighted by Gasteiger charge is -2.31. The Balaban J connectivity index is 1.08. The number of nitrogens with zero attached hydrogens (tertiary/aromatic N) is 1. The van der Waals surface area contributed by atoms with E-state index in [2.05, 4.69) is 146 Å². The zero-order chi connectivity index (χ0) is 34.0. The molecule has 2 nitrogen and oxygen atoms in total. The number of hydrogen-bond acceptors (Lipinski definition) is 2. The molecule has 0 saturated heterocycles. The van der Waals surface area contributed by atoms with Crippen molar-refractivity contribution >= 4 is 43.4 Å². The van der Waals surface area contributed by atoms with Crippen LogP contribution in [0.5, 0.6) is 0 Å². The van der Waals surface area contributed by atoms with Crippen LogP contribution >= 0.6 is 0 Å². The zero-order valence-corrected chi connectivity index (χ0v) is 28.1. The van der Waals surface area contributed by atoms with E-state index in [-0.39, 0.29) is 0 Å². The van der Waals surface area contributed by atoms with Gasteiger partial charge in [0.15, 0.2) is 5.58 Å². The Morgan fingerprint density at radius 2 is 1.00 bits per heavy atom. The molecule has 0 unspecified atom stereocenters. The fourth-order valence-corrected chi connectivity index (χ4v) is 9.42. The van der Waals surface area contributed by atoms with Crippen LogP contribution in [0.25, 0.3) is 88.3 Å².